The van der Waals surface area contributed by atoms with Gasteiger partial charge in [0.05, 0.1) is 11.4 Å². The first-order chi connectivity index (χ1) is 9.16. The van der Waals surface area contributed by atoms with Gasteiger partial charge in [-0.25, -0.2) is 0 Å². The highest BCUT2D eigenvalue weighted by atomic mass is 35.5. The van der Waals surface area contributed by atoms with E-state index in [9.17, 15) is 0 Å². The zero-order chi connectivity index (χ0) is 13.4. The van der Waals surface area contributed by atoms with E-state index in [-0.39, 0.29) is 0 Å². The van der Waals surface area contributed by atoms with Gasteiger partial charge in [-0.05, 0) is 49.6 Å². The van der Waals surface area contributed by atoms with Crippen molar-refractivity contribution in [2.75, 3.05) is 10.6 Å². The van der Waals surface area contributed by atoms with Gasteiger partial charge in [-0.3, -0.25) is 0 Å². The third-order valence-electron chi connectivity index (χ3n) is 3.78. The molecule has 3 heteroatoms. The number of nitrogen functional groups attached to an aromatic ring is 1. The van der Waals surface area contributed by atoms with Crippen molar-refractivity contribution < 1.29 is 0 Å². The molecule has 1 aliphatic heterocycles. The van der Waals surface area contributed by atoms with Crippen LogP contribution in [0.5, 0.6) is 0 Å². The molecule has 0 saturated heterocycles. The second kappa shape index (κ2) is 4.78. The first-order valence-electron chi connectivity index (χ1n) is 6.59. The molecule has 2 aromatic rings. The first kappa shape index (κ1) is 12.4. The minimum absolute atomic E-state index is 0.427. The molecule has 0 bridgehead atoms. The number of benzene rings is 2. The number of hydrogen-bond donors (Lipinski definition) is 1. The summed E-state index contributed by atoms with van der Waals surface area (Å²) >= 11 is 6.13. The molecule has 3 rings (SSSR count). The Morgan fingerprint density at radius 1 is 1.16 bits per heavy atom. The molecule has 98 valence electrons. The maximum atomic E-state index is 6.14. The molecule has 0 saturated carbocycles. The zero-order valence-electron chi connectivity index (χ0n) is 10.9. The molecule has 0 aromatic heterocycles. The smallest absolute Gasteiger partial charge is 0.0661 e. The summed E-state index contributed by atoms with van der Waals surface area (Å²) in [5, 5.41) is 0.722. The van der Waals surface area contributed by atoms with Gasteiger partial charge in [0.15, 0.2) is 0 Å². The lowest BCUT2D eigenvalue weighted by Crippen LogP contribution is -2.33. The Morgan fingerprint density at radius 3 is 2.79 bits per heavy atom. The topological polar surface area (TPSA) is 29.3 Å². The summed E-state index contributed by atoms with van der Waals surface area (Å²) in [5.41, 5.74) is 10.5. The van der Waals surface area contributed by atoms with Crippen molar-refractivity contribution >= 4 is 28.7 Å². The molecule has 0 radical (unpaired) electrons. The summed E-state index contributed by atoms with van der Waals surface area (Å²) in [7, 11) is 0. The number of aryl methyl sites for hydroxylation is 1. The second-order valence-corrected chi connectivity index (χ2v) is 5.53. The van der Waals surface area contributed by atoms with Crippen molar-refractivity contribution in [2.24, 2.45) is 0 Å². The Kier molecular flexibility index (Phi) is 3.11. The lowest BCUT2D eigenvalue weighted by molar-refractivity contribution is 0.618. The van der Waals surface area contributed by atoms with E-state index in [1.165, 1.54) is 11.3 Å². The normalized spacial score (nSPS) is 18.2. The third kappa shape index (κ3) is 2.17. The molecule has 1 aliphatic rings. The molecule has 2 nitrogen and oxygen atoms in total. The summed E-state index contributed by atoms with van der Waals surface area (Å²) < 4.78 is 0. The van der Waals surface area contributed by atoms with E-state index < -0.39 is 0 Å². The monoisotopic (exact) mass is 272 g/mol. The van der Waals surface area contributed by atoms with Gasteiger partial charge in [-0.2, -0.15) is 0 Å². The standard InChI is InChI=1S/C16H17ClN2/c1-11-6-7-12-4-2-3-5-15(12)19(11)16-10-13(17)8-9-14(16)18/h2-5,8-11H,6-7,18H2,1H3. The Labute approximate surface area is 118 Å². The van der Waals surface area contributed by atoms with E-state index in [0.29, 0.717) is 6.04 Å². The maximum absolute atomic E-state index is 6.14. The molecule has 1 atom stereocenters. The number of halogens is 1. The van der Waals surface area contributed by atoms with E-state index in [4.69, 9.17) is 17.3 Å². The van der Waals surface area contributed by atoms with Crippen LogP contribution < -0.4 is 10.6 Å². The number of fused-ring (bicyclic) bond motifs is 1. The minimum atomic E-state index is 0.427. The Hall–Kier alpha value is -1.67. The Balaban J connectivity index is 2.16. The van der Waals surface area contributed by atoms with Gasteiger partial charge >= 0.3 is 0 Å². The molecule has 0 aliphatic carbocycles. The van der Waals surface area contributed by atoms with Crippen LogP contribution in [0.2, 0.25) is 5.02 Å². The lowest BCUT2D eigenvalue weighted by atomic mass is 9.95. The van der Waals surface area contributed by atoms with Crippen LogP contribution >= 0.6 is 11.6 Å². The van der Waals surface area contributed by atoms with E-state index >= 15 is 0 Å². The highest BCUT2D eigenvalue weighted by Crippen LogP contribution is 2.40. The van der Waals surface area contributed by atoms with E-state index in [2.05, 4.69) is 36.1 Å². The van der Waals surface area contributed by atoms with Gasteiger partial charge in [0, 0.05) is 16.8 Å². The fourth-order valence-electron chi connectivity index (χ4n) is 2.78. The van der Waals surface area contributed by atoms with Crippen LogP contribution in [0.3, 0.4) is 0 Å². The number of hydrogen-bond acceptors (Lipinski definition) is 2. The Bertz CT molecular complexity index is 609. The summed E-state index contributed by atoms with van der Waals surface area (Å²) in [6.45, 7) is 2.23. The molecule has 19 heavy (non-hydrogen) atoms. The van der Waals surface area contributed by atoms with Gasteiger partial charge in [0.1, 0.15) is 0 Å². The molecule has 0 amide bonds. The number of rotatable bonds is 1. The van der Waals surface area contributed by atoms with Crippen LogP contribution in [0.1, 0.15) is 18.9 Å². The Morgan fingerprint density at radius 2 is 1.95 bits per heavy atom. The predicted molar refractivity (Wildman–Crippen MR) is 82.2 cm³/mol. The molecule has 1 heterocycles. The molecular formula is C16H17ClN2. The number of anilines is 3. The van der Waals surface area contributed by atoms with Gasteiger partial charge < -0.3 is 10.6 Å². The summed E-state index contributed by atoms with van der Waals surface area (Å²) in [5.74, 6) is 0. The average molecular weight is 273 g/mol. The molecule has 0 fully saturated rings. The van der Waals surface area contributed by atoms with Crippen LogP contribution in [0, 0.1) is 0 Å². The van der Waals surface area contributed by atoms with Gasteiger partial charge in [0.2, 0.25) is 0 Å². The zero-order valence-corrected chi connectivity index (χ0v) is 11.7. The lowest BCUT2D eigenvalue weighted by Gasteiger charge is -2.37. The number of para-hydroxylation sites is 1. The van der Waals surface area contributed by atoms with Gasteiger partial charge in [-0.1, -0.05) is 29.8 Å². The van der Waals surface area contributed by atoms with Crippen LogP contribution in [-0.4, -0.2) is 6.04 Å². The summed E-state index contributed by atoms with van der Waals surface area (Å²) in [4.78, 5) is 2.31. The van der Waals surface area contributed by atoms with Crippen molar-refractivity contribution in [1.29, 1.82) is 0 Å². The third-order valence-corrected chi connectivity index (χ3v) is 4.01. The van der Waals surface area contributed by atoms with E-state index in [1.54, 1.807) is 0 Å². The predicted octanol–water partition coefficient (Wildman–Crippen LogP) is 4.40. The van der Waals surface area contributed by atoms with Crippen molar-refractivity contribution in [3.05, 3.63) is 53.1 Å². The van der Waals surface area contributed by atoms with Crippen molar-refractivity contribution in [3.63, 3.8) is 0 Å². The maximum Gasteiger partial charge on any atom is 0.0661 e. The fourth-order valence-corrected chi connectivity index (χ4v) is 2.95. The quantitative estimate of drug-likeness (QED) is 0.780. The molecule has 0 spiro atoms. The number of nitrogens with two attached hydrogens (primary N) is 1. The van der Waals surface area contributed by atoms with Gasteiger partial charge in [0.25, 0.3) is 0 Å². The second-order valence-electron chi connectivity index (χ2n) is 5.09. The van der Waals surface area contributed by atoms with Crippen molar-refractivity contribution in [3.8, 4) is 0 Å². The van der Waals surface area contributed by atoms with Gasteiger partial charge in [-0.15, -0.1) is 0 Å². The number of nitrogens with zero attached hydrogens (tertiary/aromatic N) is 1. The highest BCUT2D eigenvalue weighted by molar-refractivity contribution is 6.31. The van der Waals surface area contributed by atoms with Crippen LogP contribution in [0.4, 0.5) is 17.1 Å². The summed E-state index contributed by atoms with van der Waals surface area (Å²) in [6, 6.07) is 14.6. The highest BCUT2D eigenvalue weighted by Gasteiger charge is 2.25. The fraction of sp³-hybridized carbons (Fsp3) is 0.250. The van der Waals surface area contributed by atoms with Crippen LogP contribution in [0.15, 0.2) is 42.5 Å². The molecule has 1 unspecified atom stereocenters. The minimum Gasteiger partial charge on any atom is -0.397 e. The van der Waals surface area contributed by atoms with Crippen molar-refractivity contribution in [2.45, 2.75) is 25.8 Å². The summed E-state index contributed by atoms with van der Waals surface area (Å²) in [6.07, 6.45) is 2.25. The van der Waals surface area contributed by atoms with Crippen molar-refractivity contribution in [1.82, 2.24) is 0 Å². The van der Waals surface area contributed by atoms with E-state index in [0.717, 1.165) is 29.2 Å². The molecule has 2 aromatic carbocycles. The molecular weight excluding hydrogens is 256 g/mol. The molecule has 2 N–H and O–H groups in total. The van der Waals surface area contributed by atoms with Crippen LogP contribution in [0.25, 0.3) is 0 Å². The van der Waals surface area contributed by atoms with E-state index in [1.807, 2.05) is 18.2 Å². The first-order valence-corrected chi connectivity index (χ1v) is 6.97. The largest absolute Gasteiger partial charge is 0.397 e. The van der Waals surface area contributed by atoms with Crippen LogP contribution in [-0.2, 0) is 6.42 Å². The SMILES string of the molecule is CC1CCc2ccccc2N1c1cc(Cl)ccc1N. The average Bonchev–Trinajstić information content (AvgIpc) is 2.42.